The smallest absolute Gasteiger partial charge is 0.417 e. The minimum Gasteiger partial charge on any atom is -0.466 e. The van der Waals surface area contributed by atoms with Crippen molar-refractivity contribution in [1.82, 2.24) is 0 Å². The highest BCUT2D eigenvalue weighted by Gasteiger charge is 2.34. The lowest BCUT2D eigenvalue weighted by molar-refractivity contribution is -0.142. The topological polar surface area (TPSA) is 50.1 Å². The molecule has 3 nitrogen and oxygen atoms in total. The van der Waals surface area contributed by atoms with E-state index in [1.54, 1.807) is 6.92 Å². The molecule has 0 radical (unpaired) electrons. The number of hydrogen-bond acceptors (Lipinski definition) is 3. The van der Waals surface area contributed by atoms with Gasteiger partial charge in [-0.05, 0) is 24.6 Å². The van der Waals surface area contributed by atoms with Crippen LogP contribution in [0.3, 0.4) is 0 Å². The summed E-state index contributed by atoms with van der Waals surface area (Å²) in [4.78, 5) is 11.3. The lowest BCUT2D eigenvalue weighted by Gasteiger charge is -2.12. The molecule has 0 heterocycles. The molecule has 0 bridgehead atoms. The van der Waals surface area contributed by atoms with Gasteiger partial charge in [0, 0.05) is 5.02 Å². The molecular formula is C12H9ClF3NO2. The fourth-order valence-corrected chi connectivity index (χ4v) is 1.68. The van der Waals surface area contributed by atoms with Gasteiger partial charge in [-0.15, -0.1) is 0 Å². The maximum Gasteiger partial charge on any atom is 0.417 e. The molecule has 0 aliphatic heterocycles. The summed E-state index contributed by atoms with van der Waals surface area (Å²) in [6, 6.07) is 3.05. The highest BCUT2D eigenvalue weighted by Crippen LogP contribution is 2.35. The number of nitrogens with zero attached hydrogens (tertiary/aromatic N) is 1. The van der Waals surface area contributed by atoms with Gasteiger partial charge in [-0.2, -0.15) is 18.4 Å². The molecule has 0 N–H and O–H groups in total. The quantitative estimate of drug-likeness (QED) is 0.803. The van der Waals surface area contributed by atoms with Crippen molar-refractivity contribution in [3.8, 4) is 6.07 Å². The first-order chi connectivity index (χ1) is 8.79. The van der Waals surface area contributed by atoms with Gasteiger partial charge >= 0.3 is 12.1 Å². The molecule has 1 aromatic rings. The highest BCUT2D eigenvalue weighted by molar-refractivity contribution is 6.31. The normalized spacial score (nSPS) is 10.9. The largest absolute Gasteiger partial charge is 0.466 e. The summed E-state index contributed by atoms with van der Waals surface area (Å²) in [6.07, 6.45) is -4.95. The van der Waals surface area contributed by atoms with Gasteiger partial charge < -0.3 is 4.74 Å². The number of carbonyl (C=O) groups excluding carboxylic acids is 1. The Morgan fingerprint density at radius 2 is 2.11 bits per heavy atom. The van der Waals surface area contributed by atoms with Gasteiger partial charge in [-0.3, -0.25) is 4.79 Å². The van der Waals surface area contributed by atoms with E-state index in [1.165, 1.54) is 6.07 Å². The first-order valence-corrected chi connectivity index (χ1v) is 5.62. The maximum absolute atomic E-state index is 12.6. The third-order valence-corrected chi connectivity index (χ3v) is 2.60. The summed E-state index contributed by atoms with van der Waals surface area (Å²) in [5.41, 5.74) is -1.56. The van der Waals surface area contributed by atoms with Crippen LogP contribution in [0.25, 0.3) is 0 Å². The minimum atomic E-state index is -4.67. The molecule has 7 heteroatoms. The van der Waals surface area contributed by atoms with Crippen LogP contribution in [0, 0.1) is 11.3 Å². The molecule has 0 spiro atoms. The van der Waals surface area contributed by atoms with E-state index in [0.29, 0.717) is 6.07 Å². The number of esters is 1. The number of hydrogen-bond donors (Lipinski definition) is 0. The number of nitriles is 1. The van der Waals surface area contributed by atoms with Gasteiger partial charge in [-0.1, -0.05) is 11.6 Å². The second kappa shape index (κ2) is 5.93. The molecule has 0 saturated carbocycles. The average Bonchev–Trinajstić information content (AvgIpc) is 2.30. The van der Waals surface area contributed by atoms with Gasteiger partial charge in [-0.25, -0.2) is 0 Å². The predicted molar refractivity (Wildman–Crippen MR) is 61.5 cm³/mol. The number of carbonyl (C=O) groups is 1. The van der Waals surface area contributed by atoms with E-state index in [0.717, 1.165) is 6.07 Å². The van der Waals surface area contributed by atoms with Crippen molar-refractivity contribution in [2.24, 2.45) is 0 Å². The SMILES string of the molecule is CCOC(=O)Cc1cc(C#N)c(C(F)(F)F)cc1Cl. The van der Waals surface area contributed by atoms with Crippen LogP contribution in [-0.2, 0) is 22.1 Å². The van der Waals surface area contributed by atoms with Crippen LogP contribution in [0.2, 0.25) is 5.02 Å². The maximum atomic E-state index is 12.6. The van der Waals surface area contributed by atoms with Crippen LogP contribution in [-0.4, -0.2) is 12.6 Å². The fraction of sp³-hybridized carbons (Fsp3) is 0.333. The van der Waals surface area contributed by atoms with Crippen molar-refractivity contribution in [2.45, 2.75) is 19.5 Å². The molecule has 102 valence electrons. The molecule has 19 heavy (non-hydrogen) atoms. The van der Waals surface area contributed by atoms with Crippen molar-refractivity contribution < 1.29 is 22.7 Å². The Morgan fingerprint density at radius 1 is 1.47 bits per heavy atom. The molecule has 0 amide bonds. The van der Waals surface area contributed by atoms with Gasteiger partial charge in [0.15, 0.2) is 0 Å². The summed E-state index contributed by atoms with van der Waals surface area (Å²) in [7, 11) is 0. The van der Waals surface area contributed by atoms with Crippen molar-refractivity contribution in [3.63, 3.8) is 0 Å². The second-order valence-electron chi connectivity index (χ2n) is 3.58. The van der Waals surface area contributed by atoms with Crippen LogP contribution in [0.15, 0.2) is 12.1 Å². The van der Waals surface area contributed by atoms with E-state index < -0.39 is 23.3 Å². The Bertz CT molecular complexity index is 535. The van der Waals surface area contributed by atoms with Crippen molar-refractivity contribution >= 4 is 17.6 Å². The van der Waals surface area contributed by atoms with E-state index in [4.69, 9.17) is 16.9 Å². The lowest BCUT2D eigenvalue weighted by atomic mass is 10.0. The van der Waals surface area contributed by atoms with Crippen molar-refractivity contribution in [2.75, 3.05) is 6.61 Å². The Kier molecular flexibility index (Phi) is 4.78. The van der Waals surface area contributed by atoms with E-state index in [1.807, 2.05) is 0 Å². The van der Waals surface area contributed by atoms with E-state index in [-0.39, 0.29) is 23.6 Å². The fourth-order valence-electron chi connectivity index (χ4n) is 1.45. The summed E-state index contributed by atoms with van der Waals surface area (Å²) in [6.45, 7) is 1.76. The molecule has 0 aromatic heterocycles. The molecular weight excluding hydrogens is 283 g/mol. The molecule has 0 aliphatic rings. The van der Waals surface area contributed by atoms with Crippen LogP contribution >= 0.6 is 11.6 Å². The molecule has 0 aliphatic carbocycles. The van der Waals surface area contributed by atoms with E-state index >= 15 is 0 Å². The predicted octanol–water partition coefficient (Wildman–Crippen LogP) is 3.34. The number of benzene rings is 1. The Labute approximate surface area is 112 Å². The van der Waals surface area contributed by atoms with Gasteiger partial charge in [0.05, 0.1) is 30.2 Å². The molecule has 0 unspecified atom stereocenters. The van der Waals surface area contributed by atoms with Crippen molar-refractivity contribution in [3.05, 3.63) is 33.8 Å². The monoisotopic (exact) mass is 291 g/mol. The third-order valence-electron chi connectivity index (χ3n) is 2.25. The van der Waals surface area contributed by atoms with Crippen molar-refractivity contribution in [1.29, 1.82) is 5.26 Å². The zero-order valence-electron chi connectivity index (χ0n) is 9.84. The number of rotatable bonds is 3. The lowest BCUT2D eigenvalue weighted by Crippen LogP contribution is -2.11. The van der Waals surface area contributed by atoms with Gasteiger partial charge in [0.1, 0.15) is 0 Å². The summed E-state index contributed by atoms with van der Waals surface area (Å²) in [5.74, 6) is -0.618. The zero-order chi connectivity index (χ0) is 14.6. The Morgan fingerprint density at radius 3 is 2.58 bits per heavy atom. The van der Waals surface area contributed by atoms with Gasteiger partial charge in [0.25, 0.3) is 0 Å². The minimum absolute atomic E-state index is 0.129. The van der Waals surface area contributed by atoms with E-state index in [9.17, 15) is 18.0 Å². The standard InChI is InChI=1S/C12H9ClF3NO2/c1-2-19-11(18)4-7-3-8(6-17)9(5-10(7)13)12(14,15)16/h3,5H,2,4H2,1H3. The molecule has 0 fully saturated rings. The first-order valence-electron chi connectivity index (χ1n) is 5.25. The summed E-state index contributed by atoms with van der Waals surface area (Å²) >= 11 is 5.69. The third kappa shape index (κ3) is 3.86. The number of halogens is 4. The van der Waals surface area contributed by atoms with E-state index in [2.05, 4.69) is 4.74 Å². The summed E-state index contributed by atoms with van der Waals surface area (Å²) in [5, 5.41) is 8.50. The summed E-state index contributed by atoms with van der Waals surface area (Å²) < 4.78 is 42.6. The van der Waals surface area contributed by atoms with Crippen LogP contribution in [0.1, 0.15) is 23.6 Å². The molecule has 0 atom stereocenters. The second-order valence-corrected chi connectivity index (χ2v) is 3.99. The number of ether oxygens (including phenoxy) is 1. The van der Waals surface area contributed by atoms with Crippen LogP contribution in [0.5, 0.6) is 0 Å². The zero-order valence-corrected chi connectivity index (χ0v) is 10.6. The Balaban J connectivity index is 3.18. The van der Waals surface area contributed by atoms with Gasteiger partial charge in [0.2, 0.25) is 0 Å². The first kappa shape index (κ1) is 15.3. The number of alkyl halides is 3. The Hall–Kier alpha value is -1.74. The molecule has 1 aromatic carbocycles. The highest BCUT2D eigenvalue weighted by atomic mass is 35.5. The van der Waals surface area contributed by atoms with Crippen LogP contribution < -0.4 is 0 Å². The van der Waals surface area contributed by atoms with Crippen LogP contribution in [0.4, 0.5) is 13.2 Å². The molecule has 0 saturated heterocycles. The average molecular weight is 292 g/mol. The molecule has 1 rings (SSSR count).